The van der Waals surface area contributed by atoms with Gasteiger partial charge in [0.15, 0.2) is 29.6 Å². The van der Waals surface area contributed by atoms with Gasteiger partial charge in [-0.15, -0.1) is 0 Å². The Hall–Kier alpha value is -1.83. The largest absolute Gasteiger partial charge is 0.508 e. The third kappa shape index (κ3) is 1.63. The van der Waals surface area contributed by atoms with Crippen molar-refractivity contribution in [2.24, 2.45) is 5.92 Å². The zero-order valence-electron chi connectivity index (χ0n) is 15.9. The summed E-state index contributed by atoms with van der Waals surface area (Å²) in [6.07, 6.45) is 1.97. The Labute approximate surface area is 162 Å². The van der Waals surface area contributed by atoms with Gasteiger partial charge < -0.3 is 25.2 Å². The van der Waals surface area contributed by atoms with Crippen LogP contribution in [0, 0.1) is 5.92 Å². The Morgan fingerprint density at radius 2 is 2.00 bits per heavy atom. The molecule has 2 saturated carbocycles. The molecule has 7 nitrogen and oxygen atoms in total. The predicted octanol–water partition coefficient (Wildman–Crippen LogP) is 0.694. The summed E-state index contributed by atoms with van der Waals surface area (Å²) in [5.74, 6) is 0.205. The van der Waals surface area contributed by atoms with E-state index in [0.29, 0.717) is 41.4 Å². The molecule has 7 heteroatoms. The van der Waals surface area contributed by atoms with Gasteiger partial charge >= 0.3 is 0 Å². The smallest absolute Gasteiger partial charge is 0.193 e. The zero-order chi connectivity index (χ0) is 19.6. The summed E-state index contributed by atoms with van der Waals surface area (Å²) in [5, 5.41) is 44.4. The lowest BCUT2D eigenvalue weighted by atomic mass is 9.48. The minimum absolute atomic E-state index is 0.0284. The average Bonchev–Trinajstić information content (AvgIpc) is 3.42. The minimum atomic E-state index is -1.23. The average molecular weight is 388 g/mol. The van der Waals surface area contributed by atoms with Crippen LogP contribution in [-0.2, 0) is 16.6 Å². The van der Waals surface area contributed by atoms with Crippen LogP contribution in [0.2, 0.25) is 0 Å². The SMILES string of the molecule is C[N@+]1(C(O)C2CC2)CC[C@]23c4c5c(O)cc(O)c4O[C@H]2C(=O)CC[C@@]3(O)[C@@H]1C5. The number of phenols is 2. The maximum Gasteiger partial charge on any atom is 0.193 e. The molecule has 1 aromatic carbocycles. The molecule has 0 aromatic heterocycles. The Kier molecular flexibility index (Phi) is 2.94. The normalized spacial score (nSPS) is 44.0. The molecule has 0 amide bonds. The molecule has 2 aliphatic heterocycles. The predicted molar refractivity (Wildman–Crippen MR) is 96.9 cm³/mol. The first-order chi connectivity index (χ1) is 13.2. The number of hydrogen-bond donors (Lipinski definition) is 4. The second-order valence-corrected chi connectivity index (χ2v) is 9.75. The van der Waals surface area contributed by atoms with E-state index in [1.165, 1.54) is 6.07 Å². The van der Waals surface area contributed by atoms with Crippen molar-refractivity contribution in [2.45, 2.75) is 67.9 Å². The maximum atomic E-state index is 12.8. The van der Waals surface area contributed by atoms with Gasteiger partial charge in [-0.3, -0.25) is 9.28 Å². The van der Waals surface area contributed by atoms with E-state index in [1.54, 1.807) is 0 Å². The van der Waals surface area contributed by atoms with E-state index in [1.807, 2.05) is 7.05 Å². The Morgan fingerprint density at radius 3 is 2.71 bits per heavy atom. The van der Waals surface area contributed by atoms with Crippen LogP contribution in [0.3, 0.4) is 0 Å². The number of piperidine rings is 1. The number of likely N-dealkylation sites (tertiary alicyclic amines) is 1. The molecule has 28 heavy (non-hydrogen) atoms. The number of aliphatic hydroxyl groups excluding tert-OH is 1. The number of Topliss-reactive ketones (excluding diaryl/α,β-unsaturated/α-hetero) is 1. The van der Waals surface area contributed by atoms with Crippen LogP contribution in [0.25, 0.3) is 0 Å². The van der Waals surface area contributed by atoms with Gasteiger partial charge in [0.25, 0.3) is 0 Å². The molecular weight excluding hydrogens is 362 g/mol. The minimum Gasteiger partial charge on any atom is -0.508 e. The molecule has 4 N–H and O–H groups in total. The first-order valence-electron chi connectivity index (χ1n) is 10.3. The molecule has 150 valence electrons. The summed E-state index contributed by atoms with van der Waals surface area (Å²) in [5.41, 5.74) is -0.930. The highest BCUT2D eigenvalue weighted by molar-refractivity contribution is 5.90. The first-order valence-corrected chi connectivity index (χ1v) is 10.3. The van der Waals surface area contributed by atoms with Gasteiger partial charge in [-0.05, 0) is 19.3 Å². The van der Waals surface area contributed by atoms with Crippen molar-refractivity contribution < 1.29 is 34.4 Å². The summed E-state index contributed by atoms with van der Waals surface area (Å²) in [6.45, 7) is 0.618. The maximum absolute atomic E-state index is 12.8. The molecule has 1 saturated heterocycles. The number of quaternary nitrogens is 1. The van der Waals surface area contributed by atoms with Crippen molar-refractivity contribution in [3.05, 3.63) is 17.2 Å². The van der Waals surface area contributed by atoms with Crippen molar-refractivity contribution in [1.29, 1.82) is 0 Å². The third-order valence-electron chi connectivity index (χ3n) is 8.59. The van der Waals surface area contributed by atoms with Gasteiger partial charge in [0.1, 0.15) is 17.4 Å². The molecule has 2 heterocycles. The van der Waals surface area contributed by atoms with Crippen LogP contribution in [-0.4, -0.2) is 68.3 Å². The summed E-state index contributed by atoms with van der Waals surface area (Å²) >= 11 is 0. The fourth-order valence-electron chi connectivity index (χ4n) is 7.04. The van der Waals surface area contributed by atoms with Gasteiger partial charge in [-0.25, -0.2) is 0 Å². The van der Waals surface area contributed by atoms with E-state index in [0.717, 1.165) is 12.8 Å². The number of likely N-dealkylation sites (N-methyl/N-ethyl adjacent to an activating group) is 1. The number of rotatable bonds is 2. The number of carbonyl (C=O) groups excluding carboxylic acids is 1. The molecule has 5 aliphatic rings. The summed E-state index contributed by atoms with van der Waals surface area (Å²) < 4.78 is 6.32. The molecule has 6 atom stereocenters. The monoisotopic (exact) mass is 388 g/mol. The Morgan fingerprint density at radius 1 is 1.25 bits per heavy atom. The molecule has 1 unspecified atom stereocenters. The molecule has 1 spiro atoms. The van der Waals surface area contributed by atoms with Crippen LogP contribution in [0.15, 0.2) is 6.07 Å². The third-order valence-corrected chi connectivity index (χ3v) is 8.59. The molecule has 3 aliphatic carbocycles. The van der Waals surface area contributed by atoms with E-state index in [-0.39, 0.29) is 41.4 Å². The van der Waals surface area contributed by atoms with Gasteiger partial charge in [0.05, 0.1) is 19.0 Å². The molecular formula is C21H26NO6+. The number of nitrogens with zero attached hydrogens (tertiary/aromatic N) is 1. The molecule has 0 radical (unpaired) electrons. The van der Waals surface area contributed by atoms with Gasteiger partial charge in [0.2, 0.25) is 0 Å². The van der Waals surface area contributed by atoms with Gasteiger partial charge in [-0.1, -0.05) is 0 Å². The van der Waals surface area contributed by atoms with Crippen LogP contribution in [0.4, 0.5) is 0 Å². The van der Waals surface area contributed by atoms with E-state index in [4.69, 9.17) is 4.74 Å². The second-order valence-electron chi connectivity index (χ2n) is 9.75. The number of ketones is 1. The van der Waals surface area contributed by atoms with Crippen molar-refractivity contribution in [3.63, 3.8) is 0 Å². The van der Waals surface area contributed by atoms with Crippen molar-refractivity contribution in [3.8, 4) is 17.2 Å². The van der Waals surface area contributed by atoms with Crippen LogP contribution in [0.5, 0.6) is 17.2 Å². The van der Waals surface area contributed by atoms with Crippen LogP contribution in [0.1, 0.15) is 43.2 Å². The summed E-state index contributed by atoms with van der Waals surface area (Å²) in [4.78, 5) is 12.8. The van der Waals surface area contributed by atoms with Crippen molar-refractivity contribution in [2.75, 3.05) is 13.6 Å². The topological polar surface area (TPSA) is 107 Å². The Bertz CT molecular complexity index is 928. The van der Waals surface area contributed by atoms with E-state index >= 15 is 0 Å². The van der Waals surface area contributed by atoms with Crippen LogP contribution < -0.4 is 4.74 Å². The van der Waals surface area contributed by atoms with E-state index in [2.05, 4.69) is 0 Å². The zero-order valence-corrected chi connectivity index (χ0v) is 15.9. The Balaban J connectivity index is 1.63. The highest BCUT2D eigenvalue weighted by Crippen LogP contribution is 2.67. The fraction of sp³-hybridized carbons (Fsp3) is 0.667. The molecule has 3 fully saturated rings. The number of aromatic hydroxyl groups is 2. The fourth-order valence-corrected chi connectivity index (χ4v) is 7.04. The number of ether oxygens (including phenoxy) is 1. The van der Waals surface area contributed by atoms with E-state index in [9.17, 15) is 25.2 Å². The van der Waals surface area contributed by atoms with Gasteiger partial charge in [0, 0.05) is 42.4 Å². The molecule has 1 aromatic rings. The van der Waals surface area contributed by atoms with E-state index < -0.39 is 23.3 Å². The standard InChI is InChI=1S/C21H25NO6/c1-22(19(26)10-2-3-10)7-6-20-16-11-8-15(22)21(20,27)5-4-12(23)18(20)28-17(16)14(25)9-13(11)24/h9-10,15,18-19,26-27H,2-8H2,1H3,(H-,24,25)/p+1/t15-,18-,19?,20-,21+,22-/m0/s1. The first kappa shape index (κ1) is 17.1. The van der Waals surface area contributed by atoms with Crippen molar-refractivity contribution in [1.82, 2.24) is 0 Å². The quantitative estimate of drug-likeness (QED) is 0.556. The second kappa shape index (κ2) is 4.83. The molecule has 6 rings (SSSR count). The number of benzene rings is 1. The number of aliphatic hydroxyl groups is 2. The highest BCUT2D eigenvalue weighted by atomic mass is 16.5. The number of phenolic OH excluding ortho intramolecular Hbond substituents is 2. The lowest BCUT2D eigenvalue weighted by Gasteiger charge is -2.65. The number of carbonyl (C=O) groups is 1. The van der Waals surface area contributed by atoms with Crippen molar-refractivity contribution >= 4 is 5.78 Å². The highest BCUT2D eigenvalue weighted by Gasteiger charge is 2.77. The summed E-state index contributed by atoms with van der Waals surface area (Å²) in [6, 6.07) is 0.930. The molecule has 2 bridgehead atoms. The lowest BCUT2D eigenvalue weighted by molar-refractivity contribution is -0.991. The lowest BCUT2D eigenvalue weighted by Crippen LogP contribution is -2.82. The number of hydrogen-bond acceptors (Lipinski definition) is 6. The summed E-state index contributed by atoms with van der Waals surface area (Å²) in [7, 11) is 2.00. The van der Waals surface area contributed by atoms with Crippen LogP contribution >= 0.6 is 0 Å². The van der Waals surface area contributed by atoms with Gasteiger partial charge in [-0.2, -0.15) is 0 Å².